The zero-order chi connectivity index (χ0) is 36.2. The molecule has 0 saturated carbocycles. The zero-order valence-corrected chi connectivity index (χ0v) is 28.9. The Hall–Kier alpha value is -5.35. The van der Waals surface area contributed by atoms with Crippen molar-refractivity contribution in [3.05, 3.63) is 118 Å². The highest BCUT2D eigenvalue weighted by atomic mass is 16.5. The Kier molecular flexibility index (Phi) is 10.3. The van der Waals surface area contributed by atoms with Crippen LogP contribution in [0.15, 0.2) is 84.9 Å². The molecule has 266 valence electrons. The number of alkyl carbamates (subject to hydrolysis) is 1. The molecular formula is C41H44N2O8. The first-order valence-corrected chi connectivity index (χ1v) is 17.4. The van der Waals surface area contributed by atoms with Crippen molar-refractivity contribution in [1.29, 1.82) is 0 Å². The van der Waals surface area contributed by atoms with Crippen LogP contribution in [0.1, 0.15) is 66.0 Å². The maximum Gasteiger partial charge on any atom is 0.408 e. The van der Waals surface area contributed by atoms with Crippen LogP contribution < -0.4 is 20.5 Å². The number of hydrogen-bond donors (Lipinski definition) is 4. The van der Waals surface area contributed by atoms with E-state index >= 15 is 0 Å². The molecular weight excluding hydrogens is 648 g/mol. The summed E-state index contributed by atoms with van der Waals surface area (Å²) in [6.07, 6.45) is 1.73. The lowest BCUT2D eigenvalue weighted by Gasteiger charge is -2.35. The second-order valence-electron chi connectivity index (χ2n) is 13.3. The highest BCUT2D eigenvalue weighted by Gasteiger charge is 2.44. The maximum atomic E-state index is 12.9. The van der Waals surface area contributed by atoms with E-state index in [9.17, 15) is 19.5 Å². The van der Waals surface area contributed by atoms with Gasteiger partial charge in [0.15, 0.2) is 0 Å². The molecule has 4 aromatic carbocycles. The third-order valence-corrected chi connectivity index (χ3v) is 10.2. The van der Waals surface area contributed by atoms with Crippen LogP contribution in [0.5, 0.6) is 11.5 Å². The molecule has 4 aromatic rings. The van der Waals surface area contributed by atoms with Gasteiger partial charge in [0, 0.05) is 18.8 Å². The lowest BCUT2D eigenvalue weighted by molar-refractivity contribution is -0.145. The van der Waals surface area contributed by atoms with E-state index in [4.69, 9.17) is 25.1 Å². The number of carbonyl (C=O) groups excluding carboxylic acids is 1. The Labute approximate surface area is 297 Å². The van der Waals surface area contributed by atoms with Crippen LogP contribution in [0.3, 0.4) is 0 Å². The first kappa shape index (κ1) is 35.5. The predicted molar refractivity (Wildman–Crippen MR) is 192 cm³/mol. The zero-order valence-electron chi connectivity index (χ0n) is 28.9. The molecule has 0 fully saturated rings. The average molecular weight is 693 g/mol. The van der Waals surface area contributed by atoms with Crippen molar-refractivity contribution in [1.82, 2.24) is 5.32 Å². The standard InChI is InChI=1S/C28H27NO5.C13H17NO3/c1-2-33-25-13-7-8-18-16-28(26(30)31,15-14-19(18)25)29-27(32)34-17-24-22-11-5-3-9-20(22)21-10-4-6-12-23(21)24;1-2-17-11-5-3-4-9-8-13(14,12(15)16)7-6-10(9)11/h3-13,24H,2,14-17H2,1H3,(H,29,32)(H,30,31);3-5H,2,6-8,14H2,1H3,(H,15,16). The second kappa shape index (κ2) is 14.9. The van der Waals surface area contributed by atoms with Gasteiger partial charge in [0.1, 0.15) is 29.2 Å². The number of carboxylic acids is 2. The minimum Gasteiger partial charge on any atom is -0.494 e. The van der Waals surface area contributed by atoms with Crippen LogP contribution >= 0.6 is 0 Å². The summed E-state index contributed by atoms with van der Waals surface area (Å²) in [6.45, 7) is 5.15. The topological polar surface area (TPSA) is 157 Å². The molecule has 0 saturated heterocycles. The summed E-state index contributed by atoms with van der Waals surface area (Å²) in [7, 11) is 0. The van der Waals surface area contributed by atoms with Gasteiger partial charge in [0.25, 0.3) is 0 Å². The molecule has 0 aromatic heterocycles. The fraction of sp³-hybridized carbons (Fsp3) is 0.341. The Balaban J connectivity index is 0.000000221. The number of nitrogens with two attached hydrogens (primary N) is 1. The lowest BCUT2D eigenvalue weighted by atomic mass is 9.77. The Bertz CT molecular complexity index is 1900. The summed E-state index contributed by atoms with van der Waals surface area (Å²) in [5.41, 5.74) is 11.8. The van der Waals surface area contributed by atoms with Crippen molar-refractivity contribution in [2.45, 2.75) is 69.4 Å². The summed E-state index contributed by atoms with van der Waals surface area (Å²) < 4.78 is 16.9. The number of aliphatic carboxylic acids is 2. The molecule has 10 heteroatoms. The first-order chi connectivity index (χ1) is 24.6. The number of carboxylic acid groups (broad SMARTS) is 2. The number of ether oxygens (including phenoxy) is 3. The number of nitrogens with one attached hydrogen (secondary N) is 1. The third kappa shape index (κ3) is 7.14. The molecule has 0 heterocycles. The number of amides is 1. The van der Waals surface area contributed by atoms with Gasteiger partial charge in [-0.25, -0.2) is 9.59 Å². The van der Waals surface area contributed by atoms with E-state index in [1.165, 1.54) is 0 Å². The molecule has 3 aliphatic carbocycles. The summed E-state index contributed by atoms with van der Waals surface area (Å²) in [5.74, 6) is -0.434. The number of rotatable bonds is 9. The molecule has 2 unspecified atom stereocenters. The molecule has 5 N–H and O–H groups in total. The number of hydrogen-bond acceptors (Lipinski definition) is 7. The molecule has 0 aliphatic heterocycles. The van der Waals surface area contributed by atoms with E-state index in [-0.39, 0.29) is 25.4 Å². The fourth-order valence-electron chi connectivity index (χ4n) is 7.59. The van der Waals surface area contributed by atoms with E-state index in [0.717, 1.165) is 56.0 Å². The molecule has 0 spiro atoms. The molecule has 1 amide bonds. The van der Waals surface area contributed by atoms with Crippen LogP contribution in [-0.4, -0.2) is 59.1 Å². The van der Waals surface area contributed by atoms with Crippen molar-refractivity contribution in [2.24, 2.45) is 5.73 Å². The number of fused-ring (bicyclic) bond motifs is 5. The highest BCUT2D eigenvalue weighted by Crippen LogP contribution is 2.44. The lowest BCUT2D eigenvalue weighted by Crippen LogP contribution is -2.58. The van der Waals surface area contributed by atoms with Gasteiger partial charge in [0.2, 0.25) is 0 Å². The highest BCUT2D eigenvalue weighted by molar-refractivity contribution is 5.86. The van der Waals surface area contributed by atoms with E-state index in [1.54, 1.807) is 0 Å². The van der Waals surface area contributed by atoms with E-state index in [2.05, 4.69) is 17.4 Å². The number of benzene rings is 4. The van der Waals surface area contributed by atoms with Crippen molar-refractivity contribution < 1.29 is 38.8 Å². The summed E-state index contributed by atoms with van der Waals surface area (Å²) >= 11 is 0. The van der Waals surface area contributed by atoms with Gasteiger partial charge in [-0.05, 0) is 96.2 Å². The Morgan fingerprint density at radius 2 is 1.25 bits per heavy atom. The van der Waals surface area contributed by atoms with Gasteiger partial charge in [-0.1, -0.05) is 72.8 Å². The van der Waals surface area contributed by atoms with Crippen molar-refractivity contribution >= 4 is 18.0 Å². The van der Waals surface area contributed by atoms with Gasteiger partial charge in [0.05, 0.1) is 13.2 Å². The Morgan fingerprint density at radius 3 is 1.78 bits per heavy atom. The summed E-state index contributed by atoms with van der Waals surface area (Å²) in [4.78, 5) is 36.3. The van der Waals surface area contributed by atoms with Crippen LogP contribution in [0.4, 0.5) is 4.79 Å². The number of carbonyl (C=O) groups is 3. The monoisotopic (exact) mass is 692 g/mol. The van der Waals surface area contributed by atoms with Gasteiger partial charge in [-0.3, -0.25) is 4.79 Å². The van der Waals surface area contributed by atoms with Gasteiger partial charge >= 0.3 is 18.0 Å². The summed E-state index contributed by atoms with van der Waals surface area (Å²) in [5, 5.41) is 21.9. The SMILES string of the molecule is CCOc1cccc2c1CCC(N)(C(=O)O)C2.CCOc1cccc2c1CCC(NC(=O)OCC1c3ccccc3-c3ccccc31)(C(=O)O)C2. The first-order valence-electron chi connectivity index (χ1n) is 17.4. The largest absolute Gasteiger partial charge is 0.494 e. The van der Waals surface area contributed by atoms with Crippen LogP contribution in [0.2, 0.25) is 0 Å². The normalized spacial score (nSPS) is 19.9. The van der Waals surface area contributed by atoms with E-state index in [1.807, 2.05) is 86.6 Å². The minimum absolute atomic E-state index is 0.0836. The maximum absolute atomic E-state index is 12.9. The fourth-order valence-corrected chi connectivity index (χ4v) is 7.59. The van der Waals surface area contributed by atoms with Crippen LogP contribution in [0.25, 0.3) is 11.1 Å². The van der Waals surface area contributed by atoms with Gasteiger partial charge in [-0.15, -0.1) is 0 Å². The van der Waals surface area contributed by atoms with Crippen molar-refractivity contribution in [3.8, 4) is 22.6 Å². The van der Waals surface area contributed by atoms with Crippen molar-refractivity contribution in [2.75, 3.05) is 19.8 Å². The molecule has 10 nitrogen and oxygen atoms in total. The van der Waals surface area contributed by atoms with Gasteiger partial charge < -0.3 is 35.5 Å². The smallest absolute Gasteiger partial charge is 0.408 e. The Morgan fingerprint density at radius 1 is 0.725 bits per heavy atom. The quantitative estimate of drug-likeness (QED) is 0.158. The second-order valence-corrected chi connectivity index (χ2v) is 13.3. The molecule has 2 atom stereocenters. The molecule has 7 rings (SSSR count). The molecule has 51 heavy (non-hydrogen) atoms. The van der Waals surface area contributed by atoms with Gasteiger partial charge in [-0.2, -0.15) is 0 Å². The summed E-state index contributed by atoms with van der Waals surface area (Å²) in [6, 6.07) is 27.6. The van der Waals surface area contributed by atoms with Crippen LogP contribution in [0, 0.1) is 0 Å². The van der Waals surface area contributed by atoms with E-state index < -0.39 is 29.1 Å². The minimum atomic E-state index is -1.42. The average Bonchev–Trinajstić information content (AvgIpc) is 3.44. The molecule has 0 radical (unpaired) electrons. The van der Waals surface area contributed by atoms with E-state index in [0.29, 0.717) is 38.9 Å². The van der Waals surface area contributed by atoms with Crippen LogP contribution in [-0.2, 0) is 40.0 Å². The molecule has 3 aliphatic rings. The predicted octanol–water partition coefficient (Wildman–Crippen LogP) is 6.29. The van der Waals surface area contributed by atoms with Crippen molar-refractivity contribution in [3.63, 3.8) is 0 Å². The third-order valence-electron chi connectivity index (χ3n) is 10.2. The molecule has 0 bridgehead atoms.